The quantitative estimate of drug-likeness (QED) is 0.924. The van der Waals surface area contributed by atoms with Crippen molar-refractivity contribution in [1.82, 2.24) is 4.98 Å². The van der Waals surface area contributed by atoms with E-state index in [0.717, 1.165) is 22.1 Å². The Balaban J connectivity index is 2.74. The molecule has 18 heavy (non-hydrogen) atoms. The normalized spacial score (nSPS) is 12.6. The molecule has 1 heterocycles. The minimum absolute atomic E-state index is 0.256. The summed E-state index contributed by atoms with van der Waals surface area (Å²) in [5.41, 5.74) is 1.88. The molecule has 1 aromatic heterocycles. The molecular weight excluding hydrogens is 294 g/mol. The van der Waals surface area contributed by atoms with Crippen LogP contribution < -0.4 is 0 Å². The van der Waals surface area contributed by atoms with Gasteiger partial charge >= 0.3 is 5.97 Å². The predicted molar refractivity (Wildman–Crippen MR) is 75.1 cm³/mol. The Morgan fingerprint density at radius 2 is 2.17 bits per heavy atom. The van der Waals surface area contributed by atoms with E-state index in [0.29, 0.717) is 10.9 Å². The van der Waals surface area contributed by atoms with Crippen molar-refractivity contribution >= 4 is 32.8 Å². The Labute approximate surface area is 114 Å². The van der Waals surface area contributed by atoms with Gasteiger partial charge in [0, 0.05) is 15.6 Å². The van der Waals surface area contributed by atoms with Crippen molar-refractivity contribution < 1.29 is 9.90 Å². The Morgan fingerprint density at radius 1 is 1.44 bits per heavy atom. The highest BCUT2D eigenvalue weighted by Crippen LogP contribution is 2.26. The topological polar surface area (TPSA) is 50.2 Å². The van der Waals surface area contributed by atoms with Gasteiger partial charge in [0.1, 0.15) is 0 Å². The largest absolute Gasteiger partial charge is 0.478 e. The van der Waals surface area contributed by atoms with Crippen LogP contribution in [0.3, 0.4) is 0 Å². The van der Waals surface area contributed by atoms with E-state index in [4.69, 9.17) is 0 Å². The number of rotatable bonds is 3. The minimum Gasteiger partial charge on any atom is -0.478 e. The number of benzene rings is 1. The molecule has 1 N–H and O–H groups in total. The zero-order chi connectivity index (χ0) is 13.3. The average molecular weight is 308 g/mol. The van der Waals surface area contributed by atoms with Crippen molar-refractivity contribution in [2.24, 2.45) is 0 Å². The van der Waals surface area contributed by atoms with Crippen molar-refractivity contribution in [1.29, 1.82) is 0 Å². The van der Waals surface area contributed by atoms with Gasteiger partial charge in [-0.15, -0.1) is 0 Å². The van der Waals surface area contributed by atoms with Crippen LogP contribution in [-0.2, 0) is 0 Å². The van der Waals surface area contributed by atoms with Gasteiger partial charge in [-0.25, -0.2) is 4.79 Å². The second-order valence-electron chi connectivity index (χ2n) is 4.37. The molecule has 0 bridgehead atoms. The van der Waals surface area contributed by atoms with Crippen LogP contribution in [0.2, 0.25) is 0 Å². The van der Waals surface area contributed by atoms with Crippen LogP contribution in [0.1, 0.15) is 42.2 Å². The number of carboxylic acid groups (broad SMARTS) is 1. The standard InChI is InChI=1S/C14H14BrNO2/c1-3-8(2)12-7-11(14(17)18)10-5-4-9(15)6-13(10)16-12/h4-8H,3H2,1-2H3,(H,17,18). The van der Waals surface area contributed by atoms with Gasteiger partial charge in [-0.1, -0.05) is 35.8 Å². The predicted octanol–water partition coefficient (Wildman–Crippen LogP) is 4.21. The molecule has 0 amide bonds. The first-order valence-corrected chi connectivity index (χ1v) is 6.65. The summed E-state index contributed by atoms with van der Waals surface area (Å²) in [6.07, 6.45) is 0.936. The summed E-state index contributed by atoms with van der Waals surface area (Å²) < 4.78 is 0.903. The fourth-order valence-electron chi connectivity index (χ4n) is 1.86. The number of pyridine rings is 1. The number of hydrogen-bond donors (Lipinski definition) is 1. The summed E-state index contributed by atoms with van der Waals surface area (Å²) >= 11 is 3.39. The van der Waals surface area contributed by atoms with Crippen LogP contribution in [0.25, 0.3) is 10.9 Å². The Morgan fingerprint density at radius 3 is 2.78 bits per heavy atom. The average Bonchev–Trinajstić information content (AvgIpc) is 2.35. The molecule has 0 radical (unpaired) electrons. The van der Waals surface area contributed by atoms with Crippen molar-refractivity contribution in [3.05, 3.63) is 40.0 Å². The van der Waals surface area contributed by atoms with Crippen LogP contribution in [0, 0.1) is 0 Å². The lowest BCUT2D eigenvalue weighted by atomic mass is 10.00. The molecule has 0 fully saturated rings. The zero-order valence-electron chi connectivity index (χ0n) is 10.3. The van der Waals surface area contributed by atoms with E-state index in [-0.39, 0.29) is 5.92 Å². The maximum Gasteiger partial charge on any atom is 0.336 e. The molecule has 0 saturated carbocycles. The maximum atomic E-state index is 11.3. The van der Waals surface area contributed by atoms with Gasteiger partial charge in [0.05, 0.1) is 11.1 Å². The van der Waals surface area contributed by atoms with Crippen molar-refractivity contribution in [3.63, 3.8) is 0 Å². The fourth-order valence-corrected chi connectivity index (χ4v) is 2.21. The molecule has 2 aromatic rings. The second kappa shape index (κ2) is 5.06. The number of nitrogens with zero attached hydrogens (tertiary/aromatic N) is 1. The number of aromatic carboxylic acids is 1. The molecule has 94 valence electrons. The molecule has 4 heteroatoms. The van der Waals surface area contributed by atoms with Crippen LogP contribution >= 0.6 is 15.9 Å². The molecule has 3 nitrogen and oxygen atoms in total. The highest BCUT2D eigenvalue weighted by molar-refractivity contribution is 9.10. The first kappa shape index (κ1) is 13.0. The molecule has 0 aliphatic rings. The summed E-state index contributed by atoms with van der Waals surface area (Å²) in [6, 6.07) is 7.16. The Hall–Kier alpha value is -1.42. The van der Waals surface area contributed by atoms with Crippen LogP contribution in [-0.4, -0.2) is 16.1 Å². The van der Waals surface area contributed by atoms with Gasteiger partial charge in [-0.2, -0.15) is 0 Å². The van der Waals surface area contributed by atoms with Crippen molar-refractivity contribution in [3.8, 4) is 0 Å². The van der Waals surface area contributed by atoms with E-state index in [2.05, 4.69) is 34.8 Å². The minimum atomic E-state index is -0.908. The number of halogens is 1. The molecule has 2 rings (SSSR count). The lowest BCUT2D eigenvalue weighted by molar-refractivity contribution is 0.0699. The Kier molecular flexibility index (Phi) is 3.66. The maximum absolute atomic E-state index is 11.3. The van der Waals surface area contributed by atoms with Gasteiger partial charge in [0.15, 0.2) is 0 Å². The number of carboxylic acids is 1. The van der Waals surface area contributed by atoms with E-state index in [1.54, 1.807) is 12.1 Å². The summed E-state index contributed by atoms with van der Waals surface area (Å²) in [7, 11) is 0. The first-order valence-electron chi connectivity index (χ1n) is 5.86. The van der Waals surface area contributed by atoms with Gasteiger partial charge in [0.2, 0.25) is 0 Å². The van der Waals surface area contributed by atoms with E-state index in [9.17, 15) is 9.90 Å². The van der Waals surface area contributed by atoms with Gasteiger partial charge in [-0.05, 0) is 30.5 Å². The smallest absolute Gasteiger partial charge is 0.336 e. The number of carbonyl (C=O) groups is 1. The molecule has 1 aromatic carbocycles. The monoisotopic (exact) mass is 307 g/mol. The third kappa shape index (κ3) is 2.38. The molecule has 0 saturated heterocycles. The lowest BCUT2D eigenvalue weighted by Gasteiger charge is -2.11. The lowest BCUT2D eigenvalue weighted by Crippen LogP contribution is -2.04. The second-order valence-corrected chi connectivity index (χ2v) is 5.29. The van der Waals surface area contributed by atoms with E-state index in [1.807, 2.05) is 12.1 Å². The van der Waals surface area contributed by atoms with E-state index < -0.39 is 5.97 Å². The molecule has 0 aliphatic carbocycles. The summed E-state index contributed by atoms with van der Waals surface area (Å²) in [5, 5.41) is 9.97. The molecule has 0 spiro atoms. The van der Waals surface area contributed by atoms with Gasteiger partial charge in [-0.3, -0.25) is 4.98 Å². The number of aromatic nitrogens is 1. The molecular formula is C14H14BrNO2. The van der Waals surface area contributed by atoms with Gasteiger partial charge in [0.25, 0.3) is 0 Å². The van der Waals surface area contributed by atoms with Crippen LogP contribution in [0.4, 0.5) is 0 Å². The third-order valence-electron chi connectivity index (χ3n) is 3.14. The highest BCUT2D eigenvalue weighted by Gasteiger charge is 2.14. The third-order valence-corrected chi connectivity index (χ3v) is 3.63. The summed E-state index contributed by atoms with van der Waals surface area (Å²) in [6.45, 7) is 4.12. The highest BCUT2D eigenvalue weighted by atomic mass is 79.9. The van der Waals surface area contributed by atoms with Crippen LogP contribution in [0.5, 0.6) is 0 Å². The number of hydrogen-bond acceptors (Lipinski definition) is 2. The van der Waals surface area contributed by atoms with Crippen molar-refractivity contribution in [2.45, 2.75) is 26.2 Å². The Bertz CT molecular complexity index is 610. The summed E-state index contributed by atoms with van der Waals surface area (Å²) in [5.74, 6) is -0.652. The summed E-state index contributed by atoms with van der Waals surface area (Å²) in [4.78, 5) is 15.9. The van der Waals surface area contributed by atoms with Crippen molar-refractivity contribution in [2.75, 3.05) is 0 Å². The molecule has 0 aliphatic heterocycles. The van der Waals surface area contributed by atoms with E-state index in [1.165, 1.54) is 0 Å². The first-order chi connectivity index (χ1) is 8.52. The van der Waals surface area contributed by atoms with Gasteiger partial charge < -0.3 is 5.11 Å². The van der Waals surface area contributed by atoms with E-state index >= 15 is 0 Å². The fraction of sp³-hybridized carbons (Fsp3) is 0.286. The number of fused-ring (bicyclic) bond motifs is 1. The molecule has 1 unspecified atom stereocenters. The zero-order valence-corrected chi connectivity index (χ0v) is 11.9. The molecule has 1 atom stereocenters. The van der Waals surface area contributed by atoms with Crippen LogP contribution in [0.15, 0.2) is 28.7 Å². The SMILES string of the molecule is CCC(C)c1cc(C(=O)O)c2ccc(Br)cc2n1.